The molecule has 2 atom stereocenters. The molecule has 0 rings (SSSR count). The van der Waals surface area contributed by atoms with Crippen LogP contribution in [0.3, 0.4) is 0 Å². The Morgan fingerprint density at radius 1 is 1.36 bits per heavy atom. The molecule has 2 unspecified atom stereocenters. The van der Waals surface area contributed by atoms with Crippen molar-refractivity contribution >= 4 is 23.4 Å². The highest BCUT2D eigenvalue weighted by molar-refractivity contribution is 6.31. The van der Waals surface area contributed by atoms with E-state index in [9.17, 15) is 9.59 Å². The first-order valence-corrected chi connectivity index (χ1v) is 3.70. The SMILES string of the molecule is CC(=O)OC(C)C(Cl)C(C)=O. The number of ketones is 1. The van der Waals surface area contributed by atoms with Gasteiger partial charge in [-0.2, -0.15) is 0 Å². The van der Waals surface area contributed by atoms with Crippen LogP contribution in [0.2, 0.25) is 0 Å². The maximum atomic E-state index is 10.6. The van der Waals surface area contributed by atoms with Gasteiger partial charge in [0, 0.05) is 6.92 Å². The molecule has 0 heterocycles. The van der Waals surface area contributed by atoms with Crippen molar-refractivity contribution in [2.75, 3.05) is 0 Å². The quantitative estimate of drug-likeness (QED) is 0.481. The summed E-state index contributed by atoms with van der Waals surface area (Å²) in [5.74, 6) is -0.621. The van der Waals surface area contributed by atoms with Crippen molar-refractivity contribution in [1.29, 1.82) is 0 Å². The minimum atomic E-state index is -0.737. The molecule has 4 heteroatoms. The van der Waals surface area contributed by atoms with E-state index in [1.54, 1.807) is 6.92 Å². The first kappa shape index (κ1) is 10.4. The van der Waals surface area contributed by atoms with Gasteiger partial charge in [0.25, 0.3) is 0 Å². The van der Waals surface area contributed by atoms with Crippen molar-refractivity contribution in [2.24, 2.45) is 0 Å². The number of hydrogen-bond acceptors (Lipinski definition) is 3. The Balaban J connectivity index is 3.92. The molecule has 0 aromatic heterocycles. The first-order valence-electron chi connectivity index (χ1n) is 3.27. The maximum Gasteiger partial charge on any atom is 0.302 e. The molecule has 0 aromatic carbocycles. The highest BCUT2D eigenvalue weighted by Gasteiger charge is 2.20. The number of Topliss-reactive ketones (excluding diaryl/α,β-unsaturated/α-hetero) is 1. The molecule has 3 nitrogen and oxygen atoms in total. The van der Waals surface area contributed by atoms with Crippen LogP contribution in [-0.2, 0) is 14.3 Å². The summed E-state index contributed by atoms with van der Waals surface area (Å²) in [5.41, 5.74) is 0. The van der Waals surface area contributed by atoms with Gasteiger partial charge < -0.3 is 4.74 Å². The monoisotopic (exact) mass is 178 g/mol. The van der Waals surface area contributed by atoms with E-state index in [0.717, 1.165) is 0 Å². The maximum absolute atomic E-state index is 10.6. The number of carbonyl (C=O) groups is 2. The Labute approximate surface area is 70.7 Å². The van der Waals surface area contributed by atoms with E-state index in [-0.39, 0.29) is 5.78 Å². The minimum Gasteiger partial charge on any atom is -0.461 e. The fourth-order valence-electron chi connectivity index (χ4n) is 0.652. The van der Waals surface area contributed by atoms with Crippen molar-refractivity contribution in [3.8, 4) is 0 Å². The Kier molecular flexibility index (Phi) is 4.11. The van der Waals surface area contributed by atoms with E-state index >= 15 is 0 Å². The fraction of sp³-hybridized carbons (Fsp3) is 0.714. The van der Waals surface area contributed by atoms with Gasteiger partial charge in [0.1, 0.15) is 11.5 Å². The second-order valence-electron chi connectivity index (χ2n) is 2.33. The Morgan fingerprint density at radius 3 is 2.09 bits per heavy atom. The van der Waals surface area contributed by atoms with Crippen LogP contribution in [0.25, 0.3) is 0 Å². The second kappa shape index (κ2) is 4.34. The molecule has 11 heavy (non-hydrogen) atoms. The van der Waals surface area contributed by atoms with E-state index in [4.69, 9.17) is 11.6 Å². The third-order valence-corrected chi connectivity index (χ3v) is 1.81. The Hall–Kier alpha value is -0.570. The predicted molar refractivity (Wildman–Crippen MR) is 41.6 cm³/mol. The minimum absolute atomic E-state index is 0.194. The molecule has 0 fully saturated rings. The molecular weight excluding hydrogens is 168 g/mol. The number of esters is 1. The van der Waals surface area contributed by atoms with Gasteiger partial charge in [0.05, 0.1) is 0 Å². The lowest BCUT2D eigenvalue weighted by molar-refractivity contribution is -0.146. The van der Waals surface area contributed by atoms with Gasteiger partial charge in [-0.1, -0.05) is 0 Å². The zero-order valence-electron chi connectivity index (χ0n) is 6.76. The van der Waals surface area contributed by atoms with Crippen molar-refractivity contribution in [3.05, 3.63) is 0 Å². The fourth-order valence-corrected chi connectivity index (χ4v) is 0.703. The molecule has 0 saturated heterocycles. The lowest BCUT2D eigenvalue weighted by atomic mass is 10.2. The van der Waals surface area contributed by atoms with Gasteiger partial charge in [-0.3, -0.25) is 9.59 Å². The van der Waals surface area contributed by atoms with Crippen LogP contribution < -0.4 is 0 Å². The van der Waals surface area contributed by atoms with Crippen LogP contribution in [0, 0.1) is 0 Å². The lowest BCUT2D eigenvalue weighted by Gasteiger charge is -2.14. The smallest absolute Gasteiger partial charge is 0.302 e. The number of rotatable bonds is 3. The summed E-state index contributed by atoms with van der Waals surface area (Å²) in [6.45, 7) is 4.22. The van der Waals surface area contributed by atoms with Gasteiger partial charge in [0.2, 0.25) is 0 Å². The molecule has 0 radical (unpaired) electrons. The normalized spacial score (nSPS) is 15.3. The summed E-state index contributed by atoms with van der Waals surface area (Å²) in [5, 5.41) is -0.737. The van der Waals surface area contributed by atoms with Crippen molar-refractivity contribution in [3.63, 3.8) is 0 Å². The van der Waals surface area contributed by atoms with E-state index in [1.807, 2.05) is 0 Å². The highest BCUT2D eigenvalue weighted by Crippen LogP contribution is 2.07. The number of ether oxygens (including phenoxy) is 1. The molecule has 0 amide bonds. The van der Waals surface area contributed by atoms with Crippen molar-refractivity contribution < 1.29 is 14.3 Å². The molecule has 64 valence electrons. The van der Waals surface area contributed by atoms with E-state index in [0.29, 0.717) is 0 Å². The van der Waals surface area contributed by atoms with Gasteiger partial charge in [-0.15, -0.1) is 11.6 Å². The number of hydrogen-bond donors (Lipinski definition) is 0. The van der Waals surface area contributed by atoms with Crippen molar-refractivity contribution in [2.45, 2.75) is 32.3 Å². The lowest BCUT2D eigenvalue weighted by Crippen LogP contribution is -2.28. The largest absolute Gasteiger partial charge is 0.461 e. The molecule has 0 spiro atoms. The summed E-state index contributed by atoms with van der Waals surface area (Å²) in [6, 6.07) is 0. The van der Waals surface area contributed by atoms with Crippen LogP contribution in [0.1, 0.15) is 20.8 Å². The Morgan fingerprint density at radius 2 is 1.82 bits per heavy atom. The van der Waals surface area contributed by atoms with Gasteiger partial charge in [0.15, 0.2) is 5.78 Å². The average Bonchev–Trinajstić information content (AvgIpc) is 1.84. The second-order valence-corrected chi connectivity index (χ2v) is 2.80. The Bertz CT molecular complexity index is 167. The summed E-state index contributed by atoms with van der Waals surface area (Å²) >= 11 is 5.58. The third-order valence-electron chi connectivity index (χ3n) is 1.15. The van der Waals surface area contributed by atoms with E-state index < -0.39 is 17.5 Å². The predicted octanol–water partition coefficient (Wildman–Crippen LogP) is 1.13. The molecule has 0 aromatic rings. The molecule has 0 N–H and O–H groups in total. The summed E-state index contributed by atoms with van der Waals surface area (Å²) in [6.07, 6.45) is -0.549. The average molecular weight is 179 g/mol. The van der Waals surface area contributed by atoms with Gasteiger partial charge >= 0.3 is 5.97 Å². The third kappa shape index (κ3) is 3.98. The number of halogens is 1. The van der Waals surface area contributed by atoms with Crippen molar-refractivity contribution in [1.82, 2.24) is 0 Å². The summed E-state index contributed by atoms with van der Waals surface area (Å²) in [4.78, 5) is 21.0. The molecule has 0 aliphatic heterocycles. The van der Waals surface area contributed by atoms with Crippen LogP contribution in [0.15, 0.2) is 0 Å². The molecule has 0 bridgehead atoms. The standard InChI is InChI=1S/C7H11ClO3/c1-4(9)7(8)5(2)11-6(3)10/h5,7H,1-3H3. The molecule has 0 aliphatic rings. The van der Waals surface area contributed by atoms with Crippen LogP contribution in [0.4, 0.5) is 0 Å². The molecular formula is C7H11ClO3. The van der Waals surface area contributed by atoms with E-state index in [2.05, 4.69) is 4.74 Å². The summed E-state index contributed by atoms with van der Waals surface area (Å²) < 4.78 is 4.68. The van der Waals surface area contributed by atoms with Crippen LogP contribution in [-0.4, -0.2) is 23.2 Å². The van der Waals surface area contributed by atoms with Gasteiger partial charge in [-0.05, 0) is 13.8 Å². The zero-order valence-corrected chi connectivity index (χ0v) is 7.51. The first-order chi connectivity index (χ1) is 4.95. The molecule has 0 aliphatic carbocycles. The van der Waals surface area contributed by atoms with Gasteiger partial charge in [-0.25, -0.2) is 0 Å². The van der Waals surface area contributed by atoms with Crippen LogP contribution >= 0.6 is 11.6 Å². The van der Waals surface area contributed by atoms with E-state index in [1.165, 1.54) is 13.8 Å². The van der Waals surface area contributed by atoms with Crippen LogP contribution in [0.5, 0.6) is 0 Å². The highest BCUT2D eigenvalue weighted by atomic mass is 35.5. The summed E-state index contributed by atoms with van der Waals surface area (Å²) in [7, 11) is 0. The number of alkyl halides is 1. The number of carbonyl (C=O) groups excluding carboxylic acids is 2. The zero-order chi connectivity index (χ0) is 9.02. The molecule has 0 saturated carbocycles. The topological polar surface area (TPSA) is 43.4 Å².